The lowest BCUT2D eigenvalue weighted by Gasteiger charge is -2.34. The van der Waals surface area contributed by atoms with Crippen molar-refractivity contribution in [3.63, 3.8) is 0 Å². The van der Waals surface area contributed by atoms with Gasteiger partial charge in [0.1, 0.15) is 11.2 Å². The number of furan rings is 1. The van der Waals surface area contributed by atoms with Gasteiger partial charge in [0, 0.05) is 53.7 Å². The molecule has 0 spiro atoms. The molecule has 0 saturated heterocycles. The predicted molar refractivity (Wildman–Crippen MR) is 226 cm³/mol. The van der Waals surface area contributed by atoms with Crippen LogP contribution in [0, 0.1) is 6.92 Å². The maximum atomic E-state index is 7.18. The minimum absolute atomic E-state index is 0.232. The van der Waals surface area contributed by atoms with Crippen molar-refractivity contribution in [2.75, 3.05) is 4.90 Å². The van der Waals surface area contributed by atoms with Crippen LogP contribution in [0.25, 0.3) is 71.1 Å². The van der Waals surface area contributed by atoms with Gasteiger partial charge in [0.15, 0.2) is 0 Å². The average Bonchev–Trinajstić information content (AvgIpc) is 3.84. The summed E-state index contributed by atoms with van der Waals surface area (Å²) in [6.45, 7) is 7.07. The minimum atomic E-state index is -0.232. The number of benzene rings is 6. The molecule has 2 aromatic heterocycles. The molecule has 6 aromatic carbocycles. The zero-order valence-corrected chi connectivity index (χ0v) is 31.1. The molecule has 8 aromatic rings. The van der Waals surface area contributed by atoms with E-state index in [-0.39, 0.29) is 5.41 Å². The monoisotopic (exact) mass is 701 g/mol. The van der Waals surface area contributed by atoms with Gasteiger partial charge in [0.25, 0.3) is 0 Å². The first kappa shape index (κ1) is 30.9. The molecule has 2 nitrogen and oxygen atoms in total. The molecule has 3 heteroatoms. The number of allylic oxidation sites excluding steroid dienone is 5. The largest absolute Gasteiger partial charge is 0.455 e. The van der Waals surface area contributed by atoms with Crippen LogP contribution in [0.15, 0.2) is 143 Å². The lowest BCUT2D eigenvalue weighted by molar-refractivity contribution is 0.657. The first-order valence-corrected chi connectivity index (χ1v) is 19.8. The highest BCUT2D eigenvalue weighted by Gasteiger charge is 2.42. The Hall–Kier alpha value is -5.64. The second kappa shape index (κ2) is 11.4. The van der Waals surface area contributed by atoms with Crippen LogP contribution >= 0.6 is 11.3 Å². The van der Waals surface area contributed by atoms with E-state index in [2.05, 4.69) is 159 Å². The Labute approximate surface area is 314 Å². The Bertz CT molecular complexity index is 2930. The third kappa shape index (κ3) is 4.44. The van der Waals surface area contributed by atoms with E-state index in [1.165, 1.54) is 98.1 Å². The molecule has 0 saturated carbocycles. The van der Waals surface area contributed by atoms with Gasteiger partial charge in [-0.2, -0.15) is 0 Å². The first-order chi connectivity index (χ1) is 26.0. The van der Waals surface area contributed by atoms with Gasteiger partial charge in [-0.15, -0.1) is 11.3 Å². The average molecular weight is 702 g/mol. The van der Waals surface area contributed by atoms with Crippen LogP contribution in [-0.4, -0.2) is 0 Å². The smallest absolute Gasteiger partial charge is 0.144 e. The molecule has 256 valence electrons. The second-order valence-corrected chi connectivity index (χ2v) is 16.6. The van der Waals surface area contributed by atoms with Crippen molar-refractivity contribution < 1.29 is 4.42 Å². The van der Waals surface area contributed by atoms with Gasteiger partial charge in [0.05, 0.1) is 5.69 Å². The molecule has 3 aliphatic rings. The number of hydrogen-bond donors (Lipinski definition) is 0. The lowest BCUT2D eigenvalue weighted by Crippen LogP contribution is -2.25. The summed E-state index contributed by atoms with van der Waals surface area (Å²) in [5, 5.41) is 6.33. The molecule has 0 aliphatic heterocycles. The molecule has 0 atom stereocenters. The fourth-order valence-electron chi connectivity index (χ4n) is 9.65. The van der Waals surface area contributed by atoms with E-state index < -0.39 is 0 Å². The Balaban J connectivity index is 1.21. The van der Waals surface area contributed by atoms with Gasteiger partial charge in [0.2, 0.25) is 0 Å². The van der Waals surface area contributed by atoms with Gasteiger partial charge in [-0.1, -0.05) is 117 Å². The summed E-state index contributed by atoms with van der Waals surface area (Å²) in [7, 11) is 0. The SMILES string of the molecule is Cc1cccc2c3c(sc12)CCC(N(C1=CC=CCC1)c1cccc2c1-c1c(c4ccccc4c4c1oc1cc(-c5ccccc5)ccc14)C2(C)C)=C3. The van der Waals surface area contributed by atoms with E-state index in [0.29, 0.717) is 0 Å². The molecule has 0 N–H and O–H groups in total. The van der Waals surface area contributed by atoms with Gasteiger partial charge < -0.3 is 9.32 Å². The molecule has 0 bridgehead atoms. The maximum Gasteiger partial charge on any atom is 0.144 e. The van der Waals surface area contributed by atoms with Crippen LogP contribution in [0.4, 0.5) is 5.69 Å². The zero-order chi connectivity index (χ0) is 35.4. The third-order valence-corrected chi connectivity index (χ3v) is 13.5. The Morgan fingerprint density at radius 2 is 1.51 bits per heavy atom. The van der Waals surface area contributed by atoms with Crippen molar-refractivity contribution in [1.29, 1.82) is 0 Å². The predicted octanol–water partition coefficient (Wildman–Crippen LogP) is 14.3. The minimum Gasteiger partial charge on any atom is -0.455 e. The van der Waals surface area contributed by atoms with E-state index in [1.807, 2.05) is 11.3 Å². The Morgan fingerprint density at radius 3 is 2.36 bits per heavy atom. The summed E-state index contributed by atoms with van der Waals surface area (Å²) < 4.78 is 8.60. The van der Waals surface area contributed by atoms with Crippen molar-refractivity contribution in [1.82, 2.24) is 0 Å². The third-order valence-electron chi connectivity index (χ3n) is 12.1. The summed E-state index contributed by atoms with van der Waals surface area (Å²) in [6.07, 6.45) is 13.5. The van der Waals surface area contributed by atoms with Gasteiger partial charge >= 0.3 is 0 Å². The van der Waals surface area contributed by atoms with Crippen LogP contribution in [-0.2, 0) is 11.8 Å². The van der Waals surface area contributed by atoms with E-state index in [4.69, 9.17) is 4.42 Å². The molecule has 2 heterocycles. The number of anilines is 1. The summed E-state index contributed by atoms with van der Waals surface area (Å²) in [5.41, 5.74) is 16.1. The quantitative estimate of drug-likeness (QED) is 0.182. The van der Waals surface area contributed by atoms with Crippen LogP contribution in [0.2, 0.25) is 0 Å². The Kier molecular flexibility index (Phi) is 6.67. The van der Waals surface area contributed by atoms with Crippen LogP contribution in [0.5, 0.6) is 0 Å². The fraction of sp³-hybridized carbons (Fsp3) is 0.160. The normalized spacial score (nSPS) is 15.8. The second-order valence-electron chi connectivity index (χ2n) is 15.5. The number of aryl methyl sites for hydroxylation is 2. The number of fused-ring (bicyclic) bond motifs is 13. The first-order valence-electron chi connectivity index (χ1n) is 19.0. The fourth-order valence-corrected chi connectivity index (χ4v) is 10.9. The van der Waals surface area contributed by atoms with Gasteiger partial charge in [-0.25, -0.2) is 0 Å². The van der Waals surface area contributed by atoms with E-state index in [9.17, 15) is 0 Å². The van der Waals surface area contributed by atoms with Crippen molar-refractivity contribution in [3.8, 4) is 22.3 Å². The molecule has 0 unspecified atom stereocenters. The number of thiophene rings is 1. The van der Waals surface area contributed by atoms with Crippen LogP contribution in [0.3, 0.4) is 0 Å². The van der Waals surface area contributed by atoms with E-state index >= 15 is 0 Å². The summed E-state index contributed by atoms with van der Waals surface area (Å²) >= 11 is 1.98. The molecule has 0 amide bonds. The van der Waals surface area contributed by atoms with Crippen LogP contribution < -0.4 is 4.90 Å². The lowest BCUT2D eigenvalue weighted by atomic mass is 9.79. The van der Waals surface area contributed by atoms with E-state index in [1.54, 1.807) is 0 Å². The summed E-state index contributed by atoms with van der Waals surface area (Å²) in [6, 6.07) is 40.2. The number of nitrogens with zero attached hydrogens (tertiary/aromatic N) is 1. The molecule has 0 fully saturated rings. The van der Waals surface area contributed by atoms with Gasteiger partial charge in [-0.3, -0.25) is 0 Å². The highest BCUT2D eigenvalue weighted by atomic mass is 32.1. The maximum absolute atomic E-state index is 7.18. The number of rotatable bonds is 4. The van der Waals surface area contributed by atoms with Gasteiger partial charge in [-0.05, 0) is 107 Å². The van der Waals surface area contributed by atoms with Crippen LogP contribution in [0.1, 0.15) is 60.2 Å². The molecule has 0 radical (unpaired) electrons. The van der Waals surface area contributed by atoms with Crippen molar-refractivity contribution in [2.45, 2.75) is 51.9 Å². The highest BCUT2D eigenvalue weighted by molar-refractivity contribution is 7.19. The molecule has 11 rings (SSSR count). The van der Waals surface area contributed by atoms with Crippen molar-refractivity contribution >= 4 is 65.9 Å². The molecular formula is C50H39NOS. The molecule has 53 heavy (non-hydrogen) atoms. The van der Waals surface area contributed by atoms with Crippen molar-refractivity contribution in [2.24, 2.45) is 0 Å². The van der Waals surface area contributed by atoms with E-state index in [0.717, 1.165) is 36.8 Å². The zero-order valence-electron chi connectivity index (χ0n) is 30.3. The number of hydrogen-bond acceptors (Lipinski definition) is 3. The molecular weight excluding hydrogens is 663 g/mol. The Morgan fingerprint density at radius 1 is 0.698 bits per heavy atom. The highest BCUT2D eigenvalue weighted by Crippen LogP contribution is 2.59. The molecule has 3 aliphatic carbocycles. The topological polar surface area (TPSA) is 16.4 Å². The summed E-state index contributed by atoms with van der Waals surface area (Å²) in [5.74, 6) is 0. The standard InChI is InChI=1S/C50H39NOS/c1-30-14-12-21-37-39-29-34(25-27-43(39)53-49(30)37)51(33-17-8-5-9-18-33)41-23-13-22-40-45(41)46-47(50(40,2)3)36-20-11-10-19-35(36)44-38-26-24-32(28-42(38)52-48(44)46)31-15-6-4-7-16-31/h4-8,10-17,19-24,26,28-29H,9,18,25,27H2,1-3H3. The summed E-state index contributed by atoms with van der Waals surface area (Å²) in [4.78, 5) is 4.14. The van der Waals surface area contributed by atoms with Crippen molar-refractivity contribution in [3.05, 3.63) is 166 Å².